The number of aromatic hydroxyl groups is 1. The van der Waals surface area contributed by atoms with Crippen LogP contribution in [0.3, 0.4) is 0 Å². The molecule has 13 rings (SSSR count). The van der Waals surface area contributed by atoms with Crippen molar-refractivity contribution in [3.63, 3.8) is 0 Å². The van der Waals surface area contributed by atoms with Crippen molar-refractivity contribution in [2.45, 2.75) is 12.8 Å². The Morgan fingerprint density at radius 2 is 0.963 bits per heavy atom. The Kier molecular flexibility index (Phi) is 14.5. The molecule has 0 fully saturated rings. The van der Waals surface area contributed by atoms with Crippen LogP contribution in [-0.4, -0.2) is 44.2 Å². The molecule has 0 saturated heterocycles. The zero-order valence-electron chi connectivity index (χ0n) is 43.3. The summed E-state index contributed by atoms with van der Waals surface area (Å²) in [5, 5.41) is 11.4. The van der Waals surface area contributed by atoms with E-state index in [2.05, 4.69) is 207 Å². The van der Waals surface area contributed by atoms with Crippen LogP contribution < -0.4 is 10.2 Å². The second kappa shape index (κ2) is 22.5. The van der Waals surface area contributed by atoms with Gasteiger partial charge in [-0.05, 0) is 183 Å². The van der Waals surface area contributed by atoms with Gasteiger partial charge in [0.1, 0.15) is 20.4 Å². The molecule has 6 heterocycles. The van der Waals surface area contributed by atoms with E-state index in [4.69, 9.17) is 23.9 Å². The van der Waals surface area contributed by atoms with Crippen LogP contribution in [0, 0.1) is 0 Å². The van der Waals surface area contributed by atoms with E-state index in [1.54, 1.807) is 24.3 Å². The summed E-state index contributed by atoms with van der Waals surface area (Å²) in [7, 11) is 0. The van der Waals surface area contributed by atoms with Crippen LogP contribution in [0.5, 0.6) is 11.5 Å². The number of aromatic amines is 2. The second-order valence-corrected chi connectivity index (χ2v) is 22.9. The van der Waals surface area contributed by atoms with Crippen molar-refractivity contribution in [1.82, 2.24) is 19.9 Å². The molecule has 6 aromatic carbocycles. The van der Waals surface area contributed by atoms with Gasteiger partial charge in [-0.2, -0.15) is 0 Å². The fraction of sp³-hybridized carbons (Fsp3) is 0.0588. The normalized spacial score (nSPS) is 11.9. The van der Waals surface area contributed by atoms with E-state index in [0.29, 0.717) is 61.8 Å². The van der Waals surface area contributed by atoms with E-state index >= 15 is 0 Å². The minimum Gasteiger partial charge on any atom is -0.505 e. The molecular formula is C68H44Br4N4O6. The van der Waals surface area contributed by atoms with Gasteiger partial charge in [0.05, 0.1) is 50.5 Å². The zero-order valence-corrected chi connectivity index (χ0v) is 49.6. The molecule has 3 aromatic heterocycles. The number of hydrogen-bond donors (Lipinski definition) is 3. The molecule has 82 heavy (non-hydrogen) atoms. The van der Waals surface area contributed by atoms with Crippen molar-refractivity contribution < 1.29 is 23.8 Å². The van der Waals surface area contributed by atoms with E-state index in [1.165, 1.54) is 0 Å². The van der Waals surface area contributed by atoms with Crippen LogP contribution in [0.15, 0.2) is 203 Å². The molecule has 3 aliphatic heterocycles. The van der Waals surface area contributed by atoms with Crippen molar-refractivity contribution in [3.05, 3.63) is 232 Å². The number of phenolic OH excluding ortho intramolecular Hbond substituents is 1. The van der Waals surface area contributed by atoms with E-state index in [9.17, 15) is 14.7 Å². The third kappa shape index (κ3) is 9.93. The molecular weight excluding hydrogens is 1290 g/mol. The van der Waals surface area contributed by atoms with E-state index in [0.717, 1.165) is 89.4 Å². The van der Waals surface area contributed by atoms with Crippen molar-refractivity contribution in [3.8, 4) is 78.5 Å². The number of phenols is 1. The number of carbonyl (C=O) groups is 1. The Bertz CT molecular complexity index is 4580. The molecule has 0 atom stereocenters. The lowest BCUT2D eigenvalue weighted by Crippen LogP contribution is -2.10. The first-order valence-electron chi connectivity index (χ1n) is 26.4. The number of carbonyl (C=O) groups excluding carboxylic acids is 1. The fourth-order valence-corrected chi connectivity index (χ4v) is 13.2. The number of unbranched alkanes of at least 4 members (excludes halogenated alkanes) is 1. The minimum absolute atomic E-state index is 0.0738. The molecule has 3 N–H and O–H groups in total. The molecule has 1 aliphatic carbocycles. The molecule has 0 spiro atoms. The lowest BCUT2D eigenvalue weighted by atomic mass is 9.91. The third-order valence-electron chi connectivity index (χ3n) is 14.6. The number of ether oxygens (including phenoxy) is 2. The molecule has 4 aliphatic rings. The second-order valence-electron chi connectivity index (χ2n) is 19.6. The number of H-pyrrole nitrogens is 2. The summed E-state index contributed by atoms with van der Waals surface area (Å²) in [5.74, 6) is 0.364. The van der Waals surface area contributed by atoms with Gasteiger partial charge in [-0.25, -0.2) is 14.8 Å². The molecule has 14 heteroatoms. The minimum atomic E-state index is -0.513. The SMILES string of the molecule is O=C(OCCCCOc1ccc(-c2c3nc(c(-c4ccccc4)c4ccc([nH]4)c(-c4ccccc4)c4nc(c(-c5ccccc5)c5ccc2[nH]5)C=C4)C=C3)cc1)c1ccccc1-c1c2cc(Br)c(=O)c(Br)c-2oc2c(Br)c(O)c(Br)cc12. The summed E-state index contributed by atoms with van der Waals surface area (Å²) in [6, 6.07) is 58.3. The molecule has 400 valence electrons. The number of hydrogen-bond acceptors (Lipinski definition) is 8. The Hall–Kier alpha value is -8.40. The van der Waals surface area contributed by atoms with Gasteiger partial charge in [0.25, 0.3) is 0 Å². The van der Waals surface area contributed by atoms with Gasteiger partial charge in [-0.3, -0.25) is 4.79 Å². The Labute approximate surface area is 503 Å². The molecule has 0 amide bonds. The van der Waals surface area contributed by atoms with Crippen LogP contribution >= 0.6 is 63.7 Å². The maximum absolute atomic E-state index is 14.0. The highest BCUT2D eigenvalue weighted by molar-refractivity contribution is 9.11. The summed E-state index contributed by atoms with van der Waals surface area (Å²) in [6.45, 7) is 0.548. The summed E-state index contributed by atoms with van der Waals surface area (Å²) >= 11 is 13.8. The number of rotatable bonds is 12. The van der Waals surface area contributed by atoms with Gasteiger partial charge in [-0.15, -0.1) is 0 Å². The van der Waals surface area contributed by atoms with Gasteiger partial charge in [0.2, 0.25) is 5.43 Å². The van der Waals surface area contributed by atoms with Crippen LogP contribution in [0.1, 0.15) is 46.0 Å². The maximum Gasteiger partial charge on any atom is 0.338 e. The highest BCUT2D eigenvalue weighted by Gasteiger charge is 2.28. The van der Waals surface area contributed by atoms with Crippen LogP contribution in [0.4, 0.5) is 0 Å². The Balaban J connectivity index is 0.801. The average molecular weight is 1330 g/mol. The molecule has 0 radical (unpaired) electrons. The van der Waals surface area contributed by atoms with Gasteiger partial charge >= 0.3 is 5.97 Å². The maximum atomic E-state index is 14.0. The molecule has 8 bridgehead atoms. The Morgan fingerprint density at radius 1 is 0.500 bits per heavy atom. The van der Waals surface area contributed by atoms with Crippen LogP contribution in [0.2, 0.25) is 0 Å². The number of benzene rings is 7. The van der Waals surface area contributed by atoms with Crippen LogP contribution in [-0.2, 0) is 4.74 Å². The largest absolute Gasteiger partial charge is 0.505 e. The topological polar surface area (TPSA) is 143 Å². The summed E-state index contributed by atoms with van der Waals surface area (Å²) in [4.78, 5) is 45.5. The molecule has 0 unspecified atom stereocenters. The van der Waals surface area contributed by atoms with Gasteiger partial charge < -0.3 is 29.0 Å². The lowest BCUT2D eigenvalue weighted by Gasteiger charge is -2.19. The van der Waals surface area contributed by atoms with Gasteiger partial charge in [0.15, 0.2) is 11.3 Å². The average Bonchev–Trinajstić information content (AvgIpc) is 3.54. The summed E-state index contributed by atoms with van der Waals surface area (Å²) in [6.07, 6.45) is 9.58. The molecule has 9 aromatic rings. The van der Waals surface area contributed by atoms with E-state index in [-0.39, 0.29) is 38.1 Å². The van der Waals surface area contributed by atoms with Gasteiger partial charge in [0, 0.05) is 60.8 Å². The summed E-state index contributed by atoms with van der Waals surface area (Å²) in [5.41, 5.74) is 17.0. The number of nitrogens with zero attached hydrogens (tertiary/aromatic N) is 2. The molecule has 10 nitrogen and oxygen atoms in total. The smallest absolute Gasteiger partial charge is 0.338 e. The molecule has 0 saturated carbocycles. The quantitative estimate of drug-likeness (QED) is 0.0623. The number of fused-ring (bicyclic) bond motifs is 10. The highest BCUT2D eigenvalue weighted by Crippen LogP contribution is 2.50. The van der Waals surface area contributed by atoms with E-state index in [1.807, 2.05) is 42.5 Å². The third-order valence-corrected chi connectivity index (χ3v) is 17.2. The predicted molar refractivity (Wildman–Crippen MR) is 343 cm³/mol. The lowest BCUT2D eigenvalue weighted by molar-refractivity contribution is 0.0495. The number of esters is 1. The van der Waals surface area contributed by atoms with E-state index < -0.39 is 5.97 Å². The highest BCUT2D eigenvalue weighted by atomic mass is 79.9. The number of nitrogens with one attached hydrogen (secondary N) is 2. The summed E-state index contributed by atoms with van der Waals surface area (Å²) < 4.78 is 19.7. The number of aromatic nitrogens is 4. The first-order chi connectivity index (χ1) is 40.1. The zero-order chi connectivity index (χ0) is 56.0. The standard InChI is InChI=1S/C68H44Br4N4O6/c69-47-36-45-61(46-37-48(70)65(78)63(72)67(46)82-66(45)62(71)64(47)77)43-20-10-11-21-44(43)68(79)81-35-13-12-34-80-42-24-22-41(23-25-42)60-55-32-30-53(75-55)58(39-16-6-2-7-17-39)51-28-26-49(73-51)57(38-14-4-1-5-15-38)50-27-29-52(74-50)59(40-18-8-3-9-19-40)54-31-33-56(60)76-54/h1-11,14-33,36-37,73,76-77H,12-13,34-35H2. The van der Waals surface area contributed by atoms with Crippen molar-refractivity contribution in [2.75, 3.05) is 13.2 Å². The van der Waals surface area contributed by atoms with Gasteiger partial charge in [-0.1, -0.05) is 121 Å². The first-order valence-corrected chi connectivity index (χ1v) is 29.5. The van der Waals surface area contributed by atoms with Crippen LogP contribution in [0.25, 0.3) is 124 Å². The number of halogens is 4. The van der Waals surface area contributed by atoms with Crippen molar-refractivity contribution in [2.24, 2.45) is 0 Å². The monoisotopic (exact) mass is 1330 g/mol. The predicted octanol–water partition coefficient (Wildman–Crippen LogP) is 19.0. The fourth-order valence-electron chi connectivity index (χ4n) is 10.8. The van der Waals surface area contributed by atoms with Crippen molar-refractivity contribution in [1.29, 1.82) is 0 Å². The Morgan fingerprint density at radius 3 is 1.48 bits per heavy atom. The first kappa shape index (κ1) is 52.9. The van der Waals surface area contributed by atoms with Crippen molar-refractivity contribution >= 4 is 127 Å².